The number of halogens is 1. The van der Waals surface area contributed by atoms with Crippen LogP contribution in [0.15, 0.2) is 47.1 Å². The van der Waals surface area contributed by atoms with Gasteiger partial charge >= 0.3 is 0 Å². The lowest BCUT2D eigenvalue weighted by Crippen LogP contribution is -2.14. The minimum Gasteiger partial charge on any atom is -0.378 e. The second-order valence-electron chi connectivity index (χ2n) is 4.22. The van der Waals surface area contributed by atoms with Crippen LogP contribution in [0, 0.1) is 0 Å². The molecule has 2 aromatic rings. The van der Waals surface area contributed by atoms with Gasteiger partial charge < -0.3 is 11.1 Å². The van der Waals surface area contributed by atoms with E-state index in [2.05, 4.69) is 26.2 Å². The highest BCUT2D eigenvalue weighted by Crippen LogP contribution is 2.22. The summed E-state index contributed by atoms with van der Waals surface area (Å²) < 4.78 is 1.03. The van der Waals surface area contributed by atoms with E-state index in [4.69, 9.17) is 5.73 Å². The average molecular weight is 320 g/mol. The Morgan fingerprint density at radius 3 is 2.84 bits per heavy atom. The molecular formula is C14H14BrN3O. The molecule has 0 radical (unpaired) electrons. The number of hydrogen-bond acceptors (Lipinski definition) is 3. The fraction of sp³-hybridized carbons (Fsp3) is 0.143. The minimum absolute atomic E-state index is 0.112. The largest absolute Gasteiger partial charge is 0.378 e. The lowest BCUT2D eigenvalue weighted by molar-refractivity contribution is 0.0995. The predicted octanol–water partition coefficient (Wildman–Crippen LogP) is 3.12. The van der Waals surface area contributed by atoms with Gasteiger partial charge in [0.15, 0.2) is 0 Å². The van der Waals surface area contributed by atoms with Crippen molar-refractivity contribution in [3.8, 4) is 0 Å². The van der Waals surface area contributed by atoms with Gasteiger partial charge in [-0.15, -0.1) is 0 Å². The Morgan fingerprint density at radius 2 is 2.16 bits per heavy atom. The molecule has 0 saturated heterocycles. The van der Waals surface area contributed by atoms with Crippen molar-refractivity contribution in [3.63, 3.8) is 0 Å². The predicted molar refractivity (Wildman–Crippen MR) is 78.9 cm³/mol. The zero-order valence-electron chi connectivity index (χ0n) is 10.4. The number of aromatic nitrogens is 1. The second-order valence-corrected chi connectivity index (χ2v) is 5.13. The minimum atomic E-state index is -0.529. The Morgan fingerprint density at radius 1 is 1.37 bits per heavy atom. The zero-order valence-corrected chi connectivity index (χ0v) is 12.0. The molecule has 0 saturated carbocycles. The van der Waals surface area contributed by atoms with Crippen molar-refractivity contribution in [2.75, 3.05) is 5.32 Å². The van der Waals surface area contributed by atoms with Gasteiger partial charge in [-0.3, -0.25) is 9.78 Å². The Labute approximate surface area is 120 Å². The molecule has 0 fully saturated rings. The summed E-state index contributed by atoms with van der Waals surface area (Å²) in [5, 5.41) is 3.31. The number of anilines is 1. The number of primary amides is 1. The van der Waals surface area contributed by atoms with Crippen LogP contribution in [0.4, 0.5) is 5.69 Å². The van der Waals surface area contributed by atoms with Crippen LogP contribution in [0.3, 0.4) is 0 Å². The highest BCUT2D eigenvalue weighted by Gasteiger charge is 2.08. The monoisotopic (exact) mass is 319 g/mol. The number of nitrogens with one attached hydrogen (secondary N) is 1. The first-order valence-electron chi connectivity index (χ1n) is 5.84. The second kappa shape index (κ2) is 5.84. The van der Waals surface area contributed by atoms with E-state index in [1.54, 1.807) is 18.3 Å². The van der Waals surface area contributed by atoms with Crippen molar-refractivity contribution < 1.29 is 4.79 Å². The molecule has 1 aromatic heterocycles. The first-order valence-corrected chi connectivity index (χ1v) is 6.63. The Hall–Kier alpha value is -1.88. The number of rotatable bonds is 4. The van der Waals surface area contributed by atoms with Gasteiger partial charge in [-0.25, -0.2) is 0 Å². The molecule has 0 aliphatic carbocycles. The van der Waals surface area contributed by atoms with E-state index in [-0.39, 0.29) is 11.7 Å². The lowest BCUT2D eigenvalue weighted by atomic mass is 10.1. The summed E-state index contributed by atoms with van der Waals surface area (Å²) in [6, 6.07) is 11.6. The first-order chi connectivity index (χ1) is 9.06. The first kappa shape index (κ1) is 13.5. The number of pyridine rings is 1. The van der Waals surface area contributed by atoms with Crippen LogP contribution in [0.1, 0.15) is 29.0 Å². The van der Waals surface area contributed by atoms with Gasteiger partial charge in [0.25, 0.3) is 5.91 Å². The molecule has 1 amide bonds. The summed E-state index contributed by atoms with van der Waals surface area (Å²) >= 11 is 3.45. The smallest absolute Gasteiger partial charge is 0.267 e. The highest BCUT2D eigenvalue weighted by atomic mass is 79.9. The molecule has 1 heterocycles. The van der Waals surface area contributed by atoms with E-state index in [0.717, 1.165) is 15.7 Å². The van der Waals surface area contributed by atoms with Gasteiger partial charge in [-0.1, -0.05) is 28.1 Å². The van der Waals surface area contributed by atoms with Crippen molar-refractivity contribution in [3.05, 3.63) is 58.3 Å². The number of amides is 1. The molecule has 2 rings (SSSR count). The Bertz CT molecular complexity index is 601. The molecule has 4 nitrogen and oxygen atoms in total. The summed E-state index contributed by atoms with van der Waals surface area (Å²) in [4.78, 5) is 15.0. The topological polar surface area (TPSA) is 68.0 Å². The van der Waals surface area contributed by atoms with Gasteiger partial charge in [0, 0.05) is 22.4 Å². The molecule has 5 heteroatoms. The van der Waals surface area contributed by atoms with Crippen LogP contribution in [0.2, 0.25) is 0 Å². The number of carbonyl (C=O) groups is 1. The molecule has 0 spiro atoms. The maximum atomic E-state index is 11.1. The lowest BCUT2D eigenvalue weighted by Gasteiger charge is -2.16. The number of nitrogens with zero attached hydrogens (tertiary/aromatic N) is 1. The van der Waals surface area contributed by atoms with E-state index < -0.39 is 5.91 Å². The van der Waals surface area contributed by atoms with E-state index in [0.29, 0.717) is 0 Å². The molecule has 1 aromatic carbocycles. The number of carbonyl (C=O) groups excluding carboxylic acids is 1. The number of nitrogens with two attached hydrogens (primary N) is 1. The van der Waals surface area contributed by atoms with E-state index in [1.165, 1.54) is 0 Å². The normalized spacial score (nSPS) is 11.9. The third-order valence-corrected chi connectivity index (χ3v) is 3.24. The van der Waals surface area contributed by atoms with Gasteiger partial charge in [-0.05, 0) is 36.8 Å². The molecule has 0 bridgehead atoms. The van der Waals surface area contributed by atoms with Gasteiger partial charge in [0.1, 0.15) is 5.69 Å². The van der Waals surface area contributed by atoms with Crippen LogP contribution in [0.5, 0.6) is 0 Å². The number of benzene rings is 1. The third kappa shape index (κ3) is 3.54. The summed E-state index contributed by atoms with van der Waals surface area (Å²) in [6.07, 6.45) is 1.57. The van der Waals surface area contributed by atoms with Gasteiger partial charge in [-0.2, -0.15) is 0 Å². The van der Waals surface area contributed by atoms with E-state index >= 15 is 0 Å². The van der Waals surface area contributed by atoms with Crippen LogP contribution < -0.4 is 11.1 Å². The molecule has 98 valence electrons. The van der Waals surface area contributed by atoms with E-state index in [1.807, 2.05) is 31.2 Å². The standard InChI is InChI=1S/C14H14BrN3O/c1-9(10-3-2-4-11(15)7-10)18-12-5-6-17-13(8-12)14(16)19/h2-9H,1H3,(H2,16,19)(H,17,18). The fourth-order valence-corrected chi connectivity index (χ4v) is 2.18. The molecule has 3 N–H and O–H groups in total. The summed E-state index contributed by atoms with van der Waals surface area (Å²) in [7, 11) is 0. The van der Waals surface area contributed by atoms with Crippen molar-refractivity contribution >= 4 is 27.5 Å². The van der Waals surface area contributed by atoms with Crippen LogP contribution >= 0.6 is 15.9 Å². The Kier molecular flexibility index (Phi) is 4.16. The van der Waals surface area contributed by atoms with Gasteiger partial charge in [0.05, 0.1) is 0 Å². The van der Waals surface area contributed by atoms with Crippen molar-refractivity contribution in [2.24, 2.45) is 5.73 Å². The van der Waals surface area contributed by atoms with Crippen molar-refractivity contribution in [1.82, 2.24) is 4.98 Å². The number of hydrogen-bond donors (Lipinski definition) is 2. The Balaban J connectivity index is 2.17. The highest BCUT2D eigenvalue weighted by molar-refractivity contribution is 9.10. The summed E-state index contributed by atoms with van der Waals surface area (Å²) in [5.41, 5.74) is 7.43. The van der Waals surface area contributed by atoms with E-state index in [9.17, 15) is 4.79 Å². The van der Waals surface area contributed by atoms with Crippen molar-refractivity contribution in [2.45, 2.75) is 13.0 Å². The average Bonchev–Trinajstić information content (AvgIpc) is 2.39. The maximum Gasteiger partial charge on any atom is 0.267 e. The van der Waals surface area contributed by atoms with Crippen LogP contribution in [-0.2, 0) is 0 Å². The molecule has 1 atom stereocenters. The molecule has 0 aliphatic rings. The SMILES string of the molecule is CC(Nc1ccnc(C(N)=O)c1)c1cccc(Br)c1. The summed E-state index contributed by atoms with van der Waals surface area (Å²) in [5.74, 6) is -0.529. The molecule has 19 heavy (non-hydrogen) atoms. The molecule has 1 unspecified atom stereocenters. The maximum absolute atomic E-state index is 11.1. The van der Waals surface area contributed by atoms with Gasteiger partial charge in [0.2, 0.25) is 0 Å². The zero-order chi connectivity index (χ0) is 13.8. The molecule has 0 aliphatic heterocycles. The van der Waals surface area contributed by atoms with Crippen LogP contribution in [0.25, 0.3) is 0 Å². The fourth-order valence-electron chi connectivity index (χ4n) is 1.76. The van der Waals surface area contributed by atoms with Crippen molar-refractivity contribution in [1.29, 1.82) is 0 Å². The quantitative estimate of drug-likeness (QED) is 0.909. The van der Waals surface area contributed by atoms with Crippen LogP contribution in [-0.4, -0.2) is 10.9 Å². The molecular weight excluding hydrogens is 306 g/mol. The third-order valence-electron chi connectivity index (χ3n) is 2.74. The summed E-state index contributed by atoms with van der Waals surface area (Å²) in [6.45, 7) is 2.05.